The molecular formula is C24H21Cl2FN2O2. The summed E-state index contributed by atoms with van der Waals surface area (Å²) >= 11 is 12.3. The lowest BCUT2D eigenvalue weighted by Gasteiger charge is -2.32. The smallest absolute Gasteiger partial charge is 0.255 e. The molecule has 31 heavy (non-hydrogen) atoms. The number of halogens is 3. The number of ether oxygens (including phenoxy) is 1. The average Bonchev–Trinajstić information content (AvgIpc) is 2.79. The number of amides is 1. The van der Waals surface area contributed by atoms with Crippen LogP contribution in [0, 0.1) is 5.82 Å². The molecule has 0 bridgehead atoms. The number of carbonyl (C=O) groups is 1. The molecule has 3 aromatic rings. The Morgan fingerprint density at radius 2 is 1.74 bits per heavy atom. The second-order valence-corrected chi connectivity index (χ2v) is 8.35. The fourth-order valence-corrected chi connectivity index (χ4v) is 4.30. The van der Waals surface area contributed by atoms with Crippen LogP contribution in [0.15, 0.2) is 60.9 Å². The number of carbonyl (C=O) groups excluding carboxylic acids is 1. The van der Waals surface area contributed by atoms with Crippen molar-refractivity contribution in [2.24, 2.45) is 0 Å². The van der Waals surface area contributed by atoms with Crippen LogP contribution in [0.2, 0.25) is 10.0 Å². The van der Waals surface area contributed by atoms with E-state index in [1.54, 1.807) is 36.7 Å². The number of para-hydroxylation sites is 1. The van der Waals surface area contributed by atoms with Gasteiger partial charge in [0.1, 0.15) is 12.4 Å². The van der Waals surface area contributed by atoms with Crippen molar-refractivity contribution in [1.29, 1.82) is 0 Å². The maximum absolute atomic E-state index is 13.2. The summed E-state index contributed by atoms with van der Waals surface area (Å²) in [4.78, 5) is 19.0. The van der Waals surface area contributed by atoms with E-state index in [2.05, 4.69) is 4.98 Å². The molecule has 0 spiro atoms. The van der Waals surface area contributed by atoms with Gasteiger partial charge in [-0.3, -0.25) is 9.78 Å². The molecule has 0 aliphatic carbocycles. The third-order valence-corrected chi connectivity index (χ3v) is 6.06. The predicted octanol–water partition coefficient (Wildman–Crippen LogP) is 6.13. The van der Waals surface area contributed by atoms with Crippen LogP contribution in [0.1, 0.15) is 40.2 Å². The molecule has 0 N–H and O–H groups in total. The first-order chi connectivity index (χ1) is 15.0. The Labute approximate surface area is 190 Å². The van der Waals surface area contributed by atoms with Gasteiger partial charge in [0, 0.05) is 31.0 Å². The Hall–Kier alpha value is -2.63. The van der Waals surface area contributed by atoms with E-state index in [1.165, 1.54) is 12.1 Å². The number of hydrogen-bond donors (Lipinski definition) is 0. The number of nitrogens with zero attached hydrogens (tertiary/aromatic N) is 2. The molecule has 4 nitrogen and oxygen atoms in total. The molecule has 1 aliphatic rings. The average molecular weight is 459 g/mol. The number of piperidine rings is 1. The van der Waals surface area contributed by atoms with Crippen LogP contribution in [0.25, 0.3) is 0 Å². The van der Waals surface area contributed by atoms with E-state index in [-0.39, 0.29) is 18.3 Å². The van der Waals surface area contributed by atoms with Crippen molar-refractivity contribution >= 4 is 29.1 Å². The Kier molecular flexibility index (Phi) is 6.73. The van der Waals surface area contributed by atoms with Crippen molar-refractivity contribution in [3.63, 3.8) is 0 Å². The predicted molar refractivity (Wildman–Crippen MR) is 119 cm³/mol. The lowest BCUT2D eigenvalue weighted by molar-refractivity contribution is 0.0712. The zero-order chi connectivity index (χ0) is 21.8. The molecule has 1 aromatic heterocycles. The molecule has 1 fully saturated rings. The molecule has 2 aromatic carbocycles. The fraction of sp³-hybridized carbons (Fsp3) is 0.250. The molecule has 2 heterocycles. The fourth-order valence-electron chi connectivity index (χ4n) is 3.79. The molecule has 4 rings (SSSR count). The summed E-state index contributed by atoms with van der Waals surface area (Å²) in [5.74, 6) is 0.459. The van der Waals surface area contributed by atoms with Crippen molar-refractivity contribution in [1.82, 2.24) is 9.88 Å². The van der Waals surface area contributed by atoms with Gasteiger partial charge in [0.25, 0.3) is 5.91 Å². The van der Waals surface area contributed by atoms with Gasteiger partial charge in [-0.1, -0.05) is 41.4 Å². The van der Waals surface area contributed by atoms with Crippen molar-refractivity contribution in [3.05, 3.63) is 93.5 Å². The Bertz CT molecular complexity index is 1050. The SMILES string of the molecule is O=C(c1cncc(COc2c(Cl)cccc2Cl)c1)N1CCC(c2ccc(F)cc2)CC1. The third kappa shape index (κ3) is 5.17. The minimum atomic E-state index is -0.232. The minimum Gasteiger partial charge on any atom is -0.486 e. The van der Waals surface area contributed by atoms with Gasteiger partial charge in [0.05, 0.1) is 15.6 Å². The van der Waals surface area contributed by atoms with Gasteiger partial charge >= 0.3 is 0 Å². The van der Waals surface area contributed by atoms with Crippen LogP contribution in [0.5, 0.6) is 5.75 Å². The van der Waals surface area contributed by atoms with E-state index < -0.39 is 0 Å². The first kappa shape index (κ1) is 21.6. The van der Waals surface area contributed by atoms with E-state index in [1.807, 2.05) is 17.0 Å². The number of aromatic nitrogens is 1. The van der Waals surface area contributed by atoms with Crippen LogP contribution in [-0.2, 0) is 6.61 Å². The molecule has 1 aliphatic heterocycles. The number of pyridine rings is 1. The quantitative estimate of drug-likeness (QED) is 0.461. The highest BCUT2D eigenvalue weighted by Crippen LogP contribution is 2.33. The van der Waals surface area contributed by atoms with E-state index in [0.717, 1.165) is 24.0 Å². The Morgan fingerprint density at radius 3 is 2.42 bits per heavy atom. The van der Waals surface area contributed by atoms with Crippen LogP contribution >= 0.6 is 23.2 Å². The molecule has 1 saturated heterocycles. The molecule has 0 radical (unpaired) electrons. The van der Waals surface area contributed by atoms with Gasteiger partial charge in [0.15, 0.2) is 5.75 Å². The van der Waals surface area contributed by atoms with Gasteiger partial charge in [-0.05, 0) is 54.7 Å². The summed E-state index contributed by atoms with van der Waals surface area (Å²) in [5.41, 5.74) is 2.39. The van der Waals surface area contributed by atoms with Crippen LogP contribution in [-0.4, -0.2) is 28.9 Å². The van der Waals surface area contributed by atoms with E-state index in [0.29, 0.717) is 40.4 Å². The van der Waals surface area contributed by atoms with Gasteiger partial charge in [-0.2, -0.15) is 0 Å². The van der Waals surface area contributed by atoms with Crippen LogP contribution < -0.4 is 4.74 Å². The molecule has 0 unspecified atom stereocenters. The zero-order valence-corrected chi connectivity index (χ0v) is 18.2. The largest absolute Gasteiger partial charge is 0.486 e. The topological polar surface area (TPSA) is 42.4 Å². The number of benzene rings is 2. The molecule has 1 amide bonds. The van der Waals surface area contributed by atoms with E-state index >= 15 is 0 Å². The number of rotatable bonds is 5. The summed E-state index contributed by atoms with van der Waals surface area (Å²) in [6.07, 6.45) is 4.92. The van der Waals surface area contributed by atoms with Crippen LogP contribution in [0.3, 0.4) is 0 Å². The molecule has 7 heteroatoms. The number of likely N-dealkylation sites (tertiary alicyclic amines) is 1. The first-order valence-electron chi connectivity index (χ1n) is 10.1. The normalized spacial score (nSPS) is 14.5. The summed E-state index contributed by atoms with van der Waals surface area (Å²) in [6, 6.07) is 13.6. The third-order valence-electron chi connectivity index (χ3n) is 5.47. The van der Waals surface area contributed by atoms with Crippen molar-refractivity contribution in [2.45, 2.75) is 25.4 Å². The van der Waals surface area contributed by atoms with Gasteiger partial charge in [-0.25, -0.2) is 4.39 Å². The standard InChI is InChI=1S/C24H21Cl2FN2O2/c25-21-2-1-3-22(26)23(21)31-15-16-12-19(14-28-13-16)24(30)29-10-8-18(9-11-29)17-4-6-20(27)7-5-17/h1-7,12-14,18H,8-11,15H2. The second-order valence-electron chi connectivity index (χ2n) is 7.54. The highest BCUT2D eigenvalue weighted by molar-refractivity contribution is 6.37. The highest BCUT2D eigenvalue weighted by atomic mass is 35.5. The summed E-state index contributed by atoms with van der Waals surface area (Å²) in [6.45, 7) is 1.50. The van der Waals surface area contributed by atoms with Gasteiger partial charge < -0.3 is 9.64 Å². The maximum Gasteiger partial charge on any atom is 0.255 e. The van der Waals surface area contributed by atoms with Crippen molar-refractivity contribution in [2.75, 3.05) is 13.1 Å². The second kappa shape index (κ2) is 9.67. The lowest BCUT2D eigenvalue weighted by atomic mass is 9.89. The summed E-state index contributed by atoms with van der Waals surface area (Å²) in [7, 11) is 0. The maximum atomic E-state index is 13.2. The summed E-state index contributed by atoms with van der Waals surface area (Å²) in [5, 5.41) is 0.855. The van der Waals surface area contributed by atoms with E-state index in [4.69, 9.17) is 27.9 Å². The highest BCUT2D eigenvalue weighted by Gasteiger charge is 2.25. The number of hydrogen-bond acceptors (Lipinski definition) is 3. The molecular weight excluding hydrogens is 438 g/mol. The van der Waals surface area contributed by atoms with Crippen LogP contribution in [0.4, 0.5) is 4.39 Å². The first-order valence-corrected chi connectivity index (χ1v) is 10.8. The minimum absolute atomic E-state index is 0.0531. The van der Waals surface area contributed by atoms with E-state index in [9.17, 15) is 9.18 Å². The van der Waals surface area contributed by atoms with Gasteiger partial charge in [-0.15, -0.1) is 0 Å². The summed E-state index contributed by atoms with van der Waals surface area (Å²) < 4.78 is 18.9. The van der Waals surface area contributed by atoms with Crippen molar-refractivity contribution in [3.8, 4) is 5.75 Å². The van der Waals surface area contributed by atoms with Crippen molar-refractivity contribution < 1.29 is 13.9 Å². The lowest BCUT2D eigenvalue weighted by Crippen LogP contribution is -2.38. The monoisotopic (exact) mass is 458 g/mol. The Morgan fingerprint density at radius 1 is 1.06 bits per heavy atom. The molecule has 0 saturated carbocycles. The molecule has 160 valence electrons. The molecule has 0 atom stereocenters. The Balaban J connectivity index is 1.38. The van der Waals surface area contributed by atoms with Gasteiger partial charge in [0.2, 0.25) is 0 Å². The zero-order valence-electron chi connectivity index (χ0n) is 16.7.